The molecule has 2 heterocycles. The Kier molecular flexibility index (Phi) is 5.79. The van der Waals surface area contributed by atoms with Gasteiger partial charge in [-0.1, -0.05) is 35.3 Å². The van der Waals surface area contributed by atoms with E-state index in [-0.39, 0.29) is 21.9 Å². The first-order valence-electron chi connectivity index (χ1n) is 9.28. The molecule has 4 rings (SSSR count). The molecule has 1 N–H and O–H groups in total. The predicted molar refractivity (Wildman–Crippen MR) is 123 cm³/mol. The Labute approximate surface area is 193 Å². The molecule has 158 valence electrons. The van der Waals surface area contributed by atoms with Gasteiger partial charge < -0.3 is 9.84 Å². The van der Waals surface area contributed by atoms with Crippen LogP contribution in [0.2, 0.25) is 10.0 Å². The van der Waals surface area contributed by atoms with Gasteiger partial charge in [-0.15, -0.1) is 11.3 Å². The summed E-state index contributed by atoms with van der Waals surface area (Å²) in [6.07, 6.45) is 0. The maximum Gasteiger partial charge on any atom is 0.300 e. The van der Waals surface area contributed by atoms with Crippen molar-refractivity contribution < 1.29 is 19.4 Å². The van der Waals surface area contributed by atoms with Gasteiger partial charge in [0.15, 0.2) is 0 Å². The van der Waals surface area contributed by atoms with Crippen molar-refractivity contribution in [3.05, 3.63) is 85.5 Å². The molecule has 1 aliphatic heterocycles. The van der Waals surface area contributed by atoms with Crippen LogP contribution in [0.3, 0.4) is 0 Å². The third-order valence-corrected chi connectivity index (χ3v) is 6.85. The van der Waals surface area contributed by atoms with E-state index in [4.69, 9.17) is 27.9 Å². The topological polar surface area (TPSA) is 66.8 Å². The average molecular weight is 474 g/mol. The highest BCUT2D eigenvalue weighted by atomic mass is 35.5. The van der Waals surface area contributed by atoms with Crippen LogP contribution in [-0.2, 0) is 9.59 Å². The second-order valence-corrected chi connectivity index (χ2v) is 8.71. The van der Waals surface area contributed by atoms with Crippen LogP contribution in [0.4, 0.5) is 5.69 Å². The normalized spacial score (nSPS) is 17.9. The number of thiophene rings is 1. The molecule has 0 radical (unpaired) electrons. The Morgan fingerprint density at radius 1 is 1.10 bits per heavy atom. The van der Waals surface area contributed by atoms with Crippen LogP contribution in [0.1, 0.15) is 22.0 Å². The van der Waals surface area contributed by atoms with E-state index in [0.717, 1.165) is 4.88 Å². The Morgan fingerprint density at radius 2 is 1.87 bits per heavy atom. The molecule has 31 heavy (non-hydrogen) atoms. The van der Waals surface area contributed by atoms with Gasteiger partial charge in [0.25, 0.3) is 11.7 Å². The molecule has 3 aromatic rings. The van der Waals surface area contributed by atoms with E-state index >= 15 is 0 Å². The number of carbonyl (C=O) groups excluding carboxylic acids is 2. The van der Waals surface area contributed by atoms with Gasteiger partial charge in [-0.25, -0.2) is 0 Å². The van der Waals surface area contributed by atoms with E-state index in [1.54, 1.807) is 37.3 Å². The zero-order chi connectivity index (χ0) is 22.3. The molecule has 1 aliphatic rings. The monoisotopic (exact) mass is 473 g/mol. The number of amides is 1. The van der Waals surface area contributed by atoms with Crippen molar-refractivity contribution in [3.8, 4) is 5.75 Å². The number of methoxy groups -OCH3 is 1. The summed E-state index contributed by atoms with van der Waals surface area (Å²) in [6.45, 7) is 1.78. The van der Waals surface area contributed by atoms with Crippen LogP contribution in [0.25, 0.3) is 5.76 Å². The van der Waals surface area contributed by atoms with Gasteiger partial charge in [0.2, 0.25) is 0 Å². The van der Waals surface area contributed by atoms with E-state index in [0.29, 0.717) is 22.0 Å². The zero-order valence-electron chi connectivity index (χ0n) is 16.6. The highest BCUT2D eigenvalue weighted by Gasteiger charge is 2.48. The number of anilines is 1. The SMILES string of the molecule is COc1ccc(Cl)c(/C(O)=C2/C(=O)C(=O)N(c3cccc(Cl)c3C)C2c2cccs2)c1. The van der Waals surface area contributed by atoms with Crippen molar-refractivity contribution in [2.24, 2.45) is 0 Å². The number of hydrogen-bond acceptors (Lipinski definition) is 5. The third kappa shape index (κ3) is 3.61. The quantitative estimate of drug-likeness (QED) is 0.286. The summed E-state index contributed by atoms with van der Waals surface area (Å²) in [7, 11) is 1.49. The summed E-state index contributed by atoms with van der Waals surface area (Å²) < 4.78 is 5.22. The fourth-order valence-corrected chi connectivity index (χ4v) is 4.81. The minimum Gasteiger partial charge on any atom is -0.507 e. The van der Waals surface area contributed by atoms with Gasteiger partial charge in [0, 0.05) is 21.2 Å². The number of Topliss-reactive ketones (excluding diaryl/α,β-unsaturated/α-hetero) is 1. The summed E-state index contributed by atoms with van der Waals surface area (Å²) >= 11 is 14.0. The van der Waals surface area contributed by atoms with Gasteiger partial charge in [-0.05, 0) is 54.3 Å². The van der Waals surface area contributed by atoms with Gasteiger partial charge in [-0.3, -0.25) is 14.5 Å². The van der Waals surface area contributed by atoms with Crippen LogP contribution >= 0.6 is 34.5 Å². The molecular weight excluding hydrogens is 457 g/mol. The van der Waals surface area contributed by atoms with E-state index in [1.165, 1.54) is 29.4 Å². The lowest BCUT2D eigenvalue weighted by Gasteiger charge is -2.26. The van der Waals surface area contributed by atoms with E-state index < -0.39 is 17.7 Å². The molecule has 1 fully saturated rings. The number of halogens is 2. The van der Waals surface area contributed by atoms with E-state index in [1.807, 2.05) is 17.5 Å². The molecule has 1 atom stereocenters. The smallest absolute Gasteiger partial charge is 0.300 e. The van der Waals surface area contributed by atoms with E-state index in [9.17, 15) is 14.7 Å². The molecular formula is C23H17Cl2NO4S. The Hall–Kier alpha value is -2.80. The number of carbonyl (C=O) groups is 2. The Balaban J connectivity index is 1.98. The standard InChI is InChI=1S/C23H17Cl2NO4S/c1-12-15(24)5-3-6-17(12)26-20(18-7-4-10-31-18)19(22(28)23(26)29)21(27)14-11-13(30-2)8-9-16(14)25/h3-11,20,27H,1-2H3/b21-19-. The van der Waals surface area contributed by atoms with Crippen molar-refractivity contribution in [2.75, 3.05) is 12.0 Å². The third-order valence-electron chi connectivity index (χ3n) is 5.18. The molecule has 0 bridgehead atoms. The lowest BCUT2D eigenvalue weighted by molar-refractivity contribution is -0.132. The summed E-state index contributed by atoms with van der Waals surface area (Å²) in [6, 6.07) is 12.7. The summed E-state index contributed by atoms with van der Waals surface area (Å²) in [4.78, 5) is 28.4. The molecule has 5 nitrogen and oxygen atoms in total. The van der Waals surface area contributed by atoms with Gasteiger partial charge >= 0.3 is 0 Å². The van der Waals surface area contributed by atoms with Gasteiger partial charge in [0.1, 0.15) is 17.6 Å². The molecule has 0 spiro atoms. The fraction of sp³-hybridized carbons (Fsp3) is 0.130. The minimum absolute atomic E-state index is 0.0398. The van der Waals surface area contributed by atoms with Crippen LogP contribution in [0, 0.1) is 6.92 Å². The predicted octanol–water partition coefficient (Wildman–Crippen LogP) is 6.00. The molecule has 2 aromatic carbocycles. The van der Waals surface area contributed by atoms with Crippen molar-refractivity contribution >= 4 is 57.7 Å². The Bertz CT molecular complexity index is 1220. The number of hydrogen-bond donors (Lipinski definition) is 1. The van der Waals surface area contributed by atoms with Crippen molar-refractivity contribution in [3.63, 3.8) is 0 Å². The summed E-state index contributed by atoms with van der Waals surface area (Å²) in [5.74, 6) is -1.44. The molecule has 1 saturated heterocycles. The van der Waals surface area contributed by atoms with Crippen molar-refractivity contribution in [1.82, 2.24) is 0 Å². The zero-order valence-corrected chi connectivity index (χ0v) is 18.9. The largest absolute Gasteiger partial charge is 0.507 e. The average Bonchev–Trinajstić information content (AvgIpc) is 3.37. The highest BCUT2D eigenvalue weighted by Crippen LogP contribution is 2.45. The Morgan fingerprint density at radius 3 is 2.55 bits per heavy atom. The highest BCUT2D eigenvalue weighted by molar-refractivity contribution is 7.10. The van der Waals surface area contributed by atoms with Crippen LogP contribution in [0.5, 0.6) is 5.75 Å². The number of benzene rings is 2. The van der Waals surface area contributed by atoms with Crippen LogP contribution in [0.15, 0.2) is 59.5 Å². The maximum atomic E-state index is 13.2. The van der Waals surface area contributed by atoms with Crippen molar-refractivity contribution in [1.29, 1.82) is 0 Å². The summed E-state index contributed by atoms with van der Waals surface area (Å²) in [5.41, 5.74) is 1.33. The number of aliphatic hydroxyl groups is 1. The molecule has 1 aromatic heterocycles. The summed E-state index contributed by atoms with van der Waals surface area (Å²) in [5, 5.41) is 13.7. The first kappa shape index (κ1) is 21.4. The first-order valence-corrected chi connectivity index (χ1v) is 10.9. The second-order valence-electron chi connectivity index (χ2n) is 6.91. The van der Waals surface area contributed by atoms with Gasteiger partial charge in [-0.2, -0.15) is 0 Å². The van der Waals surface area contributed by atoms with E-state index in [2.05, 4.69) is 0 Å². The molecule has 1 amide bonds. The molecule has 1 unspecified atom stereocenters. The second kappa shape index (κ2) is 8.38. The molecule has 0 aliphatic carbocycles. The first-order chi connectivity index (χ1) is 14.8. The van der Waals surface area contributed by atoms with Crippen LogP contribution in [-0.4, -0.2) is 23.9 Å². The fourth-order valence-electron chi connectivity index (χ4n) is 3.61. The lowest BCUT2D eigenvalue weighted by atomic mass is 9.99. The number of aliphatic hydroxyl groups excluding tert-OH is 1. The minimum atomic E-state index is -0.820. The van der Waals surface area contributed by atoms with Crippen LogP contribution < -0.4 is 9.64 Å². The lowest BCUT2D eigenvalue weighted by Crippen LogP contribution is -2.29. The molecule has 8 heteroatoms. The maximum absolute atomic E-state index is 13.2. The number of rotatable bonds is 4. The number of nitrogens with zero attached hydrogens (tertiary/aromatic N) is 1. The number of ketones is 1. The number of ether oxygens (including phenoxy) is 1. The van der Waals surface area contributed by atoms with Crippen molar-refractivity contribution in [2.45, 2.75) is 13.0 Å². The van der Waals surface area contributed by atoms with Gasteiger partial charge in [0.05, 0.1) is 17.7 Å². The molecule has 0 saturated carbocycles.